The van der Waals surface area contributed by atoms with Gasteiger partial charge in [0, 0.05) is 16.7 Å². The summed E-state index contributed by atoms with van der Waals surface area (Å²) in [7, 11) is 0. The lowest BCUT2D eigenvalue weighted by molar-refractivity contribution is -0.385. The molecule has 2 aromatic carbocycles. The van der Waals surface area contributed by atoms with Crippen LogP contribution in [-0.4, -0.2) is 15.9 Å². The molecule has 0 spiro atoms. The largest absolute Gasteiger partial charge is 0.502 e. The first-order chi connectivity index (χ1) is 10.4. The third-order valence-corrected chi connectivity index (χ3v) is 3.50. The number of carbonyl (C=O) groups is 1. The van der Waals surface area contributed by atoms with Crippen molar-refractivity contribution in [2.45, 2.75) is 13.0 Å². The molecule has 0 saturated carbocycles. The minimum atomic E-state index is -0.719. The van der Waals surface area contributed by atoms with Crippen LogP contribution in [0.2, 0.25) is 5.02 Å². The van der Waals surface area contributed by atoms with Gasteiger partial charge in [0.2, 0.25) is 0 Å². The highest BCUT2D eigenvalue weighted by molar-refractivity contribution is 6.31. The molecule has 114 valence electrons. The molecule has 0 aliphatic rings. The first-order valence-electron chi connectivity index (χ1n) is 6.43. The second kappa shape index (κ2) is 6.44. The predicted octanol–water partition coefficient (Wildman–Crippen LogP) is 3.44. The van der Waals surface area contributed by atoms with Gasteiger partial charge in [-0.2, -0.15) is 0 Å². The summed E-state index contributed by atoms with van der Waals surface area (Å²) in [4.78, 5) is 22.1. The third-order valence-electron chi connectivity index (χ3n) is 3.15. The summed E-state index contributed by atoms with van der Waals surface area (Å²) in [6.45, 7) is 1.77. The normalized spacial score (nSPS) is 11.7. The SMILES string of the molecule is CC(NC(=O)c1ccc([N+](=O)[O-])c(O)c1)c1ccccc1Cl. The highest BCUT2D eigenvalue weighted by atomic mass is 35.5. The molecule has 0 saturated heterocycles. The van der Waals surface area contributed by atoms with E-state index >= 15 is 0 Å². The molecule has 22 heavy (non-hydrogen) atoms. The Labute approximate surface area is 131 Å². The number of amides is 1. The van der Waals surface area contributed by atoms with E-state index in [4.69, 9.17) is 11.6 Å². The Hall–Kier alpha value is -2.60. The second-order valence-electron chi connectivity index (χ2n) is 4.68. The van der Waals surface area contributed by atoms with E-state index in [0.717, 1.165) is 17.7 Å². The van der Waals surface area contributed by atoms with Crippen LogP contribution in [0.15, 0.2) is 42.5 Å². The number of carbonyl (C=O) groups excluding carboxylic acids is 1. The van der Waals surface area contributed by atoms with Gasteiger partial charge in [-0.3, -0.25) is 14.9 Å². The maximum absolute atomic E-state index is 12.1. The summed E-state index contributed by atoms with van der Waals surface area (Å²) >= 11 is 6.06. The van der Waals surface area contributed by atoms with Crippen molar-refractivity contribution >= 4 is 23.2 Å². The van der Waals surface area contributed by atoms with Crippen LogP contribution in [0.1, 0.15) is 28.9 Å². The molecule has 1 atom stereocenters. The van der Waals surface area contributed by atoms with E-state index in [1.54, 1.807) is 25.1 Å². The maximum atomic E-state index is 12.1. The number of aromatic hydroxyl groups is 1. The summed E-state index contributed by atoms with van der Waals surface area (Å²) in [5.41, 5.74) is 0.432. The standard InChI is InChI=1S/C15H13ClN2O4/c1-9(11-4-2-3-5-12(11)16)17-15(20)10-6-7-13(18(21)22)14(19)8-10/h2-9,19H,1H3,(H,17,20). The van der Waals surface area contributed by atoms with Crippen LogP contribution in [-0.2, 0) is 0 Å². The molecule has 0 aliphatic heterocycles. The molecule has 1 amide bonds. The fourth-order valence-electron chi connectivity index (χ4n) is 2.00. The van der Waals surface area contributed by atoms with Crippen molar-refractivity contribution in [3.8, 4) is 5.75 Å². The van der Waals surface area contributed by atoms with Crippen molar-refractivity contribution in [1.82, 2.24) is 5.32 Å². The molecular formula is C15H13ClN2O4. The van der Waals surface area contributed by atoms with E-state index in [9.17, 15) is 20.0 Å². The van der Waals surface area contributed by atoms with Crippen LogP contribution in [0.3, 0.4) is 0 Å². The van der Waals surface area contributed by atoms with E-state index in [2.05, 4.69) is 5.32 Å². The lowest BCUT2D eigenvalue weighted by atomic mass is 10.1. The van der Waals surface area contributed by atoms with Crippen molar-refractivity contribution in [1.29, 1.82) is 0 Å². The van der Waals surface area contributed by atoms with Crippen molar-refractivity contribution in [2.75, 3.05) is 0 Å². The number of halogens is 1. The zero-order valence-electron chi connectivity index (χ0n) is 11.6. The summed E-state index contributed by atoms with van der Waals surface area (Å²) < 4.78 is 0. The van der Waals surface area contributed by atoms with Gasteiger partial charge in [0.05, 0.1) is 11.0 Å². The molecule has 0 radical (unpaired) electrons. The van der Waals surface area contributed by atoms with Crippen molar-refractivity contribution in [3.63, 3.8) is 0 Å². The Kier molecular flexibility index (Phi) is 4.62. The predicted molar refractivity (Wildman–Crippen MR) is 82.1 cm³/mol. The third kappa shape index (κ3) is 3.35. The molecule has 0 heterocycles. The van der Waals surface area contributed by atoms with Crippen LogP contribution in [0.5, 0.6) is 5.75 Å². The second-order valence-corrected chi connectivity index (χ2v) is 5.08. The summed E-state index contributed by atoms with van der Waals surface area (Å²) in [5, 5.41) is 23.5. The van der Waals surface area contributed by atoms with Gasteiger partial charge < -0.3 is 10.4 Å². The quantitative estimate of drug-likeness (QED) is 0.666. The number of rotatable bonds is 4. The number of nitro groups is 1. The Balaban J connectivity index is 2.17. The molecule has 6 nitrogen and oxygen atoms in total. The van der Waals surface area contributed by atoms with Crippen LogP contribution < -0.4 is 5.32 Å². The summed E-state index contributed by atoms with van der Waals surface area (Å²) in [5.74, 6) is -1.01. The number of hydrogen-bond acceptors (Lipinski definition) is 4. The van der Waals surface area contributed by atoms with Crippen molar-refractivity contribution < 1.29 is 14.8 Å². The van der Waals surface area contributed by atoms with E-state index in [0.29, 0.717) is 5.02 Å². The zero-order chi connectivity index (χ0) is 16.3. The van der Waals surface area contributed by atoms with Gasteiger partial charge in [-0.15, -0.1) is 0 Å². The number of nitro benzene ring substituents is 1. The van der Waals surface area contributed by atoms with Gasteiger partial charge in [-0.05, 0) is 30.7 Å². The number of nitrogens with zero attached hydrogens (tertiary/aromatic N) is 1. The van der Waals surface area contributed by atoms with Crippen molar-refractivity contribution in [3.05, 3.63) is 68.7 Å². The Bertz CT molecular complexity index is 733. The Morgan fingerprint density at radius 3 is 2.59 bits per heavy atom. The lowest BCUT2D eigenvalue weighted by Crippen LogP contribution is -2.26. The molecule has 0 aliphatic carbocycles. The van der Waals surface area contributed by atoms with Gasteiger partial charge >= 0.3 is 5.69 Å². The lowest BCUT2D eigenvalue weighted by Gasteiger charge is -2.15. The first kappa shape index (κ1) is 15.8. The van der Waals surface area contributed by atoms with Crippen LogP contribution in [0, 0.1) is 10.1 Å². The first-order valence-corrected chi connectivity index (χ1v) is 6.80. The van der Waals surface area contributed by atoms with Crippen LogP contribution in [0.25, 0.3) is 0 Å². The fraction of sp³-hybridized carbons (Fsp3) is 0.133. The van der Waals surface area contributed by atoms with Gasteiger partial charge in [0.1, 0.15) is 0 Å². The van der Waals surface area contributed by atoms with E-state index in [-0.39, 0.29) is 11.6 Å². The average Bonchev–Trinajstić information content (AvgIpc) is 2.46. The molecule has 0 fully saturated rings. The number of benzene rings is 2. The van der Waals surface area contributed by atoms with Crippen LogP contribution >= 0.6 is 11.6 Å². The molecular weight excluding hydrogens is 308 g/mol. The van der Waals surface area contributed by atoms with Gasteiger partial charge in [-0.25, -0.2) is 0 Å². The topological polar surface area (TPSA) is 92.5 Å². The Morgan fingerprint density at radius 1 is 1.32 bits per heavy atom. The van der Waals surface area contributed by atoms with Crippen LogP contribution in [0.4, 0.5) is 5.69 Å². The molecule has 2 aromatic rings. The number of phenolic OH excluding ortho intramolecular Hbond substituents is 1. The Morgan fingerprint density at radius 2 is 2.00 bits per heavy atom. The number of nitrogens with one attached hydrogen (secondary N) is 1. The number of hydrogen-bond donors (Lipinski definition) is 2. The van der Waals surface area contributed by atoms with Crippen molar-refractivity contribution in [2.24, 2.45) is 0 Å². The molecule has 7 heteroatoms. The highest BCUT2D eigenvalue weighted by Gasteiger charge is 2.18. The summed E-state index contributed by atoms with van der Waals surface area (Å²) in [6.07, 6.45) is 0. The highest BCUT2D eigenvalue weighted by Crippen LogP contribution is 2.27. The smallest absolute Gasteiger partial charge is 0.310 e. The average molecular weight is 321 g/mol. The van der Waals surface area contributed by atoms with Gasteiger partial charge in [-0.1, -0.05) is 29.8 Å². The molecule has 2 rings (SSSR count). The molecule has 0 aromatic heterocycles. The summed E-state index contributed by atoms with van der Waals surface area (Å²) in [6, 6.07) is 10.2. The van der Waals surface area contributed by atoms with E-state index < -0.39 is 22.3 Å². The van der Waals surface area contributed by atoms with Gasteiger partial charge in [0.25, 0.3) is 5.91 Å². The minimum Gasteiger partial charge on any atom is -0.502 e. The van der Waals surface area contributed by atoms with E-state index in [1.807, 2.05) is 6.07 Å². The molecule has 2 N–H and O–H groups in total. The number of phenols is 1. The van der Waals surface area contributed by atoms with E-state index in [1.165, 1.54) is 6.07 Å². The molecule has 1 unspecified atom stereocenters. The molecule has 0 bridgehead atoms. The maximum Gasteiger partial charge on any atom is 0.310 e. The zero-order valence-corrected chi connectivity index (χ0v) is 12.4. The fourth-order valence-corrected chi connectivity index (χ4v) is 2.30. The minimum absolute atomic E-state index is 0.127. The van der Waals surface area contributed by atoms with Gasteiger partial charge in [0.15, 0.2) is 5.75 Å². The monoisotopic (exact) mass is 320 g/mol.